The van der Waals surface area contributed by atoms with Gasteiger partial charge in [0.05, 0.1) is 12.2 Å². The first-order valence-corrected chi connectivity index (χ1v) is 11.1. The van der Waals surface area contributed by atoms with Crippen LogP contribution in [0, 0.1) is 17.3 Å². The lowest BCUT2D eigenvalue weighted by Crippen LogP contribution is -2.52. The summed E-state index contributed by atoms with van der Waals surface area (Å²) in [5.74, 6) is 0.760. The van der Waals surface area contributed by atoms with Gasteiger partial charge in [-0.15, -0.1) is 0 Å². The van der Waals surface area contributed by atoms with E-state index in [4.69, 9.17) is 4.74 Å². The Morgan fingerprint density at radius 1 is 1.23 bits per heavy atom. The monoisotopic (exact) mass is 380 g/mol. The molecule has 0 radical (unpaired) electrons. The number of nitrogens with zero attached hydrogens (tertiary/aromatic N) is 1. The molecule has 2 rings (SSSR count). The van der Waals surface area contributed by atoms with Gasteiger partial charge >= 0.3 is 5.97 Å². The number of hydrogen-bond donors (Lipinski definition) is 0. The van der Waals surface area contributed by atoms with Crippen LogP contribution in [0.3, 0.4) is 0 Å². The van der Waals surface area contributed by atoms with Crippen molar-refractivity contribution < 1.29 is 18.9 Å². The van der Waals surface area contributed by atoms with Gasteiger partial charge in [0.15, 0.2) is 17.3 Å². The van der Waals surface area contributed by atoms with E-state index in [0.717, 1.165) is 55.5 Å². The molecule has 1 saturated carbocycles. The Morgan fingerprint density at radius 2 is 1.88 bits per heavy atom. The van der Waals surface area contributed by atoms with Crippen molar-refractivity contribution in [1.82, 2.24) is 0 Å². The van der Waals surface area contributed by atoms with E-state index in [1.165, 1.54) is 11.8 Å². The highest BCUT2D eigenvalue weighted by molar-refractivity contribution is 8.14. The summed E-state index contributed by atoms with van der Waals surface area (Å²) in [5, 5.41) is 0.128. The molecule has 1 aliphatic heterocycles. The molecule has 5 heteroatoms. The fourth-order valence-electron chi connectivity index (χ4n) is 4.98. The highest BCUT2D eigenvalue weighted by Gasteiger charge is 2.59. The largest absolute Gasteiger partial charge is 0.465 e. The molecule has 2 unspecified atom stereocenters. The molecule has 2 atom stereocenters. The van der Waals surface area contributed by atoms with E-state index in [1.807, 2.05) is 25.5 Å². The minimum absolute atomic E-state index is 0.0950. The first-order chi connectivity index (χ1) is 12.5. The van der Waals surface area contributed by atoms with E-state index in [2.05, 4.69) is 20.1 Å². The maximum absolute atomic E-state index is 13.3. The zero-order chi connectivity index (χ0) is 19.3. The van der Waals surface area contributed by atoms with Crippen LogP contribution in [0.2, 0.25) is 0 Å². The molecule has 2 aliphatic rings. The van der Waals surface area contributed by atoms with Gasteiger partial charge in [-0.1, -0.05) is 45.4 Å². The summed E-state index contributed by atoms with van der Waals surface area (Å²) in [4.78, 5) is 26.4. The van der Waals surface area contributed by atoms with Crippen LogP contribution in [0.1, 0.15) is 66.2 Å². The number of carbonyl (C=O) groups is 2. The van der Waals surface area contributed by atoms with Gasteiger partial charge < -0.3 is 4.74 Å². The third-order valence-electron chi connectivity index (χ3n) is 5.97. The second-order valence-corrected chi connectivity index (χ2v) is 8.51. The lowest BCUT2D eigenvalue weighted by molar-refractivity contribution is -0.450. The number of carbonyl (C=O) groups excluding carboxylic acids is 2. The van der Waals surface area contributed by atoms with Gasteiger partial charge in [0.1, 0.15) is 7.05 Å². The van der Waals surface area contributed by atoms with Crippen LogP contribution >= 0.6 is 11.8 Å². The molecule has 0 N–H and O–H groups in total. The molecule has 146 valence electrons. The highest BCUT2D eigenvalue weighted by atomic mass is 32.2. The molecular weight excluding hydrogens is 346 g/mol. The molecular formula is C21H34NO3S+. The molecule has 4 nitrogen and oxygen atoms in total. The number of rotatable bonds is 7. The average Bonchev–Trinajstić information content (AvgIpc) is 3.15. The van der Waals surface area contributed by atoms with Gasteiger partial charge in [0.2, 0.25) is 5.12 Å². The molecule has 1 fully saturated rings. The topological polar surface area (TPSA) is 46.4 Å². The summed E-state index contributed by atoms with van der Waals surface area (Å²) in [6, 6.07) is 0. The average molecular weight is 381 g/mol. The fourth-order valence-corrected chi connectivity index (χ4v) is 5.66. The van der Waals surface area contributed by atoms with Crippen LogP contribution in [-0.4, -0.2) is 41.3 Å². The molecule has 0 aromatic carbocycles. The van der Waals surface area contributed by atoms with Crippen LogP contribution in [0.25, 0.3) is 0 Å². The Hall–Kier alpha value is -1.10. The van der Waals surface area contributed by atoms with Crippen molar-refractivity contribution in [2.75, 3.05) is 19.4 Å². The zero-order valence-electron chi connectivity index (χ0n) is 17.0. The normalized spacial score (nSPS) is 26.8. The minimum atomic E-state index is -0.714. The number of esters is 1. The van der Waals surface area contributed by atoms with Crippen molar-refractivity contribution >= 4 is 29.1 Å². The number of ether oxygens (including phenoxy) is 1. The van der Waals surface area contributed by atoms with Gasteiger partial charge in [0.25, 0.3) is 0 Å². The Balaban J connectivity index is 2.66. The van der Waals surface area contributed by atoms with Crippen LogP contribution in [0.5, 0.6) is 0 Å². The Kier molecular flexibility index (Phi) is 7.51. The Morgan fingerprint density at radius 3 is 2.38 bits per heavy atom. The third kappa shape index (κ3) is 3.64. The molecule has 0 amide bonds. The zero-order valence-corrected chi connectivity index (χ0v) is 17.8. The van der Waals surface area contributed by atoms with E-state index in [9.17, 15) is 9.59 Å². The lowest BCUT2D eigenvalue weighted by atomic mass is 9.61. The molecule has 0 aromatic rings. The first kappa shape index (κ1) is 21.2. The quantitative estimate of drug-likeness (QED) is 0.484. The van der Waals surface area contributed by atoms with Crippen LogP contribution in [0.4, 0.5) is 0 Å². The minimum Gasteiger partial charge on any atom is -0.465 e. The van der Waals surface area contributed by atoms with E-state index in [1.54, 1.807) is 0 Å². The van der Waals surface area contributed by atoms with Crippen LogP contribution < -0.4 is 0 Å². The summed E-state index contributed by atoms with van der Waals surface area (Å²) in [7, 11) is 1.98. The molecule has 1 heterocycles. The van der Waals surface area contributed by atoms with Crippen molar-refractivity contribution in [2.24, 2.45) is 17.3 Å². The third-order valence-corrected chi connectivity index (χ3v) is 6.74. The Bertz CT molecular complexity index is 604. The standard InChI is InChI=1S/C21H34NO3S/c1-6-16-18(19(23)26-9-4)17(7-2)22(5)14-21(16,20(24)25-8-3)15-12-10-11-13-15/h14-16H,6-13H2,1-5H3/q+1. The molecule has 26 heavy (non-hydrogen) atoms. The van der Waals surface area contributed by atoms with Crippen molar-refractivity contribution in [2.45, 2.75) is 66.2 Å². The molecule has 0 bridgehead atoms. The summed E-state index contributed by atoms with van der Waals surface area (Å²) >= 11 is 1.36. The van der Waals surface area contributed by atoms with Crippen molar-refractivity contribution in [1.29, 1.82) is 0 Å². The highest BCUT2D eigenvalue weighted by Crippen LogP contribution is 2.51. The Labute approximate surface area is 162 Å². The van der Waals surface area contributed by atoms with Gasteiger partial charge in [0, 0.05) is 12.3 Å². The smallest absolute Gasteiger partial charge is 0.323 e. The van der Waals surface area contributed by atoms with Crippen molar-refractivity contribution in [3.05, 3.63) is 11.3 Å². The maximum atomic E-state index is 13.3. The summed E-state index contributed by atoms with van der Waals surface area (Å²) in [6.07, 6.45) is 8.02. The van der Waals surface area contributed by atoms with Gasteiger partial charge in [-0.05, 0) is 37.9 Å². The van der Waals surface area contributed by atoms with Crippen LogP contribution in [0.15, 0.2) is 11.3 Å². The second kappa shape index (κ2) is 9.20. The van der Waals surface area contributed by atoms with Gasteiger partial charge in [-0.2, -0.15) is 0 Å². The van der Waals surface area contributed by atoms with Crippen LogP contribution in [-0.2, 0) is 14.3 Å². The van der Waals surface area contributed by atoms with E-state index in [0.29, 0.717) is 6.61 Å². The predicted molar refractivity (Wildman–Crippen MR) is 108 cm³/mol. The summed E-state index contributed by atoms with van der Waals surface area (Å²) < 4.78 is 7.64. The van der Waals surface area contributed by atoms with Gasteiger partial charge in [-0.25, -0.2) is 4.58 Å². The SMILES string of the molecule is CCOC(=O)C1(C2CCCC2)C=[N+](C)C(CC)=C(C(=O)SCC)C1CC. The van der Waals surface area contributed by atoms with Crippen molar-refractivity contribution in [3.8, 4) is 0 Å². The maximum Gasteiger partial charge on any atom is 0.323 e. The lowest BCUT2D eigenvalue weighted by Gasteiger charge is -2.41. The van der Waals surface area contributed by atoms with E-state index in [-0.39, 0.29) is 22.9 Å². The molecule has 1 aliphatic carbocycles. The summed E-state index contributed by atoms with van der Waals surface area (Å²) in [6.45, 7) is 8.43. The fraction of sp³-hybridized carbons (Fsp3) is 0.762. The number of thioether (sulfide) groups is 1. The van der Waals surface area contributed by atoms with E-state index >= 15 is 0 Å². The first-order valence-electron chi connectivity index (χ1n) is 10.1. The van der Waals surface area contributed by atoms with Gasteiger partial charge in [-0.3, -0.25) is 9.59 Å². The second-order valence-electron chi connectivity index (χ2n) is 7.27. The molecule has 0 aromatic heterocycles. The number of allylic oxidation sites excluding steroid dienone is 1. The number of hydrogen-bond acceptors (Lipinski definition) is 4. The molecule has 0 spiro atoms. The predicted octanol–water partition coefficient (Wildman–Crippen LogP) is 4.42. The van der Waals surface area contributed by atoms with Crippen molar-refractivity contribution in [3.63, 3.8) is 0 Å². The summed E-state index contributed by atoms with van der Waals surface area (Å²) in [5.41, 5.74) is 1.20. The van der Waals surface area contributed by atoms with E-state index < -0.39 is 5.41 Å². The molecule has 0 saturated heterocycles.